The molecule has 9 heteroatoms. The fourth-order valence-electron chi connectivity index (χ4n) is 3.52. The van der Waals surface area contributed by atoms with E-state index in [-0.39, 0.29) is 23.0 Å². The summed E-state index contributed by atoms with van der Waals surface area (Å²) < 4.78 is 6.43. The molecule has 3 aromatic rings. The second kappa shape index (κ2) is 8.31. The molecule has 1 aromatic heterocycles. The van der Waals surface area contributed by atoms with Gasteiger partial charge < -0.3 is 10.1 Å². The highest BCUT2D eigenvalue weighted by Gasteiger charge is 2.38. The number of aromatic nitrogens is 4. The Hall–Kier alpha value is -3.52. The van der Waals surface area contributed by atoms with E-state index in [1.807, 2.05) is 24.3 Å². The minimum absolute atomic E-state index is 0.00249. The molecule has 158 valence electrons. The van der Waals surface area contributed by atoms with Crippen molar-refractivity contribution in [3.63, 3.8) is 0 Å². The van der Waals surface area contributed by atoms with Crippen LogP contribution in [0, 0.1) is 0 Å². The van der Waals surface area contributed by atoms with Gasteiger partial charge in [-0.05, 0) is 51.7 Å². The first-order chi connectivity index (χ1) is 14.9. The summed E-state index contributed by atoms with van der Waals surface area (Å²) >= 11 is 5.98. The zero-order valence-electron chi connectivity index (χ0n) is 17.2. The number of hydrogen-bond donors (Lipinski definition) is 1. The molecule has 1 aliphatic heterocycles. The monoisotopic (exact) mass is 437 g/mol. The molecule has 0 spiro atoms. The number of methoxy groups -OCH3 is 1. The van der Waals surface area contributed by atoms with Gasteiger partial charge in [0.05, 0.1) is 12.7 Å². The average Bonchev–Trinajstić information content (AvgIpc) is 3.25. The van der Waals surface area contributed by atoms with Crippen LogP contribution in [0.1, 0.15) is 47.3 Å². The standard InChI is InChI=1S/C22H20ClN5O3/c1-12(2)13-4-6-14(7-5-13)19-17(20(29)15-8-10-16(23)11-9-15)18(21(30)31-3)24-22-25-26-27-28(19)22/h4-12,19H,1-3H3,(H,24,25,27)/t19-/m1/s1. The van der Waals surface area contributed by atoms with Gasteiger partial charge in [-0.15, -0.1) is 0 Å². The summed E-state index contributed by atoms with van der Waals surface area (Å²) in [6, 6.07) is 13.6. The largest absolute Gasteiger partial charge is 0.464 e. The lowest BCUT2D eigenvalue weighted by Crippen LogP contribution is -2.33. The molecule has 0 fully saturated rings. The molecule has 0 bridgehead atoms. The van der Waals surface area contributed by atoms with Crippen molar-refractivity contribution in [2.75, 3.05) is 12.4 Å². The molecular weight excluding hydrogens is 418 g/mol. The van der Waals surface area contributed by atoms with Crippen LogP contribution >= 0.6 is 11.6 Å². The lowest BCUT2D eigenvalue weighted by atomic mass is 9.88. The zero-order valence-corrected chi connectivity index (χ0v) is 17.9. The lowest BCUT2D eigenvalue weighted by Gasteiger charge is -2.28. The van der Waals surface area contributed by atoms with Crippen molar-refractivity contribution in [1.29, 1.82) is 0 Å². The normalized spacial score (nSPS) is 15.5. The van der Waals surface area contributed by atoms with Crippen molar-refractivity contribution in [3.8, 4) is 0 Å². The number of carbonyl (C=O) groups excluding carboxylic acids is 2. The van der Waals surface area contributed by atoms with Gasteiger partial charge in [0.15, 0.2) is 5.78 Å². The highest BCUT2D eigenvalue weighted by atomic mass is 35.5. The number of Topliss-reactive ketones (excluding diaryl/α,β-unsaturated/α-hetero) is 1. The number of benzene rings is 2. The van der Waals surface area contributed by atoms with Gasteiger partial charge in [-0.1, -0.05) is 54.8 Å². The Balaban J connectivity index is 1.91. The number of carbonyl (C=O) groups is 2. The molecular formula is C22H20ClN5O3. The Bertz CT molecular complexity index is 1170. The predicted molar refractivity (Wildman–Crippen MR) is 115 cm³/mol. The second-order valence-corrected chi connectivity index (χ2v) is 7.85. The van der Waals surface area contributed by atoms with E-state index in [1.54, 1.807) is 24.3 Å². The van der Waals surface area contributed by atoms with E-state index in [0.29, 0.717) is 16.5 Å². The van der Waals surface area contributed by atoms with Crippen molar-refractivity contribution in [2.24, 2.45) is 0 Å². The highest BCUT2D eigenvalue weighted by molar-refractivity contribution is 6.30. The minimum atomic E-state index is -0.718. The van der Waals surface area contributed by atoms with Crippen LogP contribution < -0.4 is 5.32 Å². The molecule has 0 unspecified atom stereocenters. The third-order valence-corrected chi connectivity index (χ3v) is 5.43. The molecule has 8 nitrogen and oxygen atoms in total. The summed E-state index contributed by atoms with van der Waals surface area (Å²) in [6.07, 6.45) is 0. The maximum atomic E-state index is 13.6. The molecule has 1 N–H and O–H groups in total. The molecule has 0 saturated heterocycles. The van der Waals surface area contributed by atoms with Crippen LogP contribution in [0.4, 0.5) is 5.95 Å². The van der Waals surface area contributed by atoms with Crippen LogP contribution in [0.25, 0.3) is 0 Å². The molecule has 0 amide bonds. The number of halogens is 1. The maximum absolute atomic E-state index is 13.6. The molecule has 0 saturated carbocycles. The minimum Gasteiger partial charge on any atom is -0.464 e. The van der Waals surface area contributed by atoms with Gasteiger partial charge in [0, 0.05) is 10.6 Å². The Morgan fingerprint density at radius 2 is 1.77 bits per heavy atom. The summed E-state index contributed by atoms with van der Waals surface area (Å²) in [4.78, 5) is 26.2. The SMILES string of the molecule is COC(=O)C1=C(C(=O)c2ccc(Cl)cc2)[C@@H](c2ccc(C(C)C)cc2)n2nnnc2N1. The van der Waals surface area contributed by atoms with Crippen molar-refractivity contribution >= 4 is 29.3 Å². The van der Waals surface area contributed by atoms with Crippen molar-refractivity contribution in [3.05, 3.63) is 81.5 Å². The Kier molecular flexibility index (Phi) is 5.56. The third-order valence-electron chi connectivity index (χ3n) is 5.18. The van der Waals surface area contributed by atoms with Crippen molar-refractivity contribution in [2.45, 2.75) is 25.8 Å². The van der Waals surface area contributed by atoms with E-state index in [0.717, 1.165) is 11.1 Å². The number of esters is 1. The number of hydrogen-bond acceptors (Lipinski definition) is 7. The Morgan fingerprint density at radius 1 is 1.10 bits per heavy atom. The first-order valence-electron chi connectivity index (χ1n) is 9.68. The second-order valence-electron chi connectivity index (χ2n) is 7.41. The van der Waals surface area contributed by atoms with Gasteiger partial charge in [0.2, 0.25) is 5.95 Å². The summed E-state index contributed by atoms with van der Waals surface area (Å²) in [6.45, 7) is 4.20. The van der Waals surface area contributed by atoms with Gasteiger partial charge >= 0.3 is 5.97 Å². The topological polar surface area (TPSA) is 99.0 Å². The van der Waals surface area contributed by atoms with Crippen LogP contribution in [0.5, 0.6) is 0 Å². The highest BCUT2D eigenvalue weighted by Crippen LogP contribution is 2.37. The van der Waals surface area contributed by atoms with Crippen LogP contribution in [0.2, 0.25) is 5.02 Å². The Morgan fingerprint density at radius 3 is 2.39 bits per heavy atom. The van der Waals surface area contributed by atoms with Gasteiger partial charge in [-0.2, -0.15) is 4.68 Å². The number of ketones is 1. The first kappa shape index (κ1) is 20.7. The molecule has 31 heavy (non-hydrogen) atoms. The Labute approximate surface area is 183 Å². The summed E-state index contributed by atoms with van der Waals surface area (Å²) in [5.74, 6) is -0.452. The van der Waals surface area contributed by atoms with E-state index in [4.69, 9.17) is 16.3 Å². The molecule has 1 atom stereocenters. The van der Waals surface area contributed by atoms with Crippen LogP contribution in [0.15, 0.2) is 59.8 Å². The van der Waals surface area contributed by atoms with Crippen LogP contribution in [0.3, 0.4) is 0 Å². The molecule has 1 aliphatic rings. The number of nitrogens with zero attached hydrogens (tertiary/aromatic N) is 4. The number of tetrazole rings is 1. The summed E-state index contributed by atoms with van der Waals surface area (Å²) in [5.41, 5.74) is 2.48. The lowest BCUT2D eigenvalue weighted by molar-refractivity contribution is -0.136. The van der Waals surface area contributed by atoms with Gasteiger partial charge in [-0.25, -0.2) is 4.79 Å². The quantitative estimate of drug-likeness (QED) is 0.479. The van der Waals surface area contributed by atoms with E-state index < -0.39 is 12.0 Å². The molecule has 4 rings (SSSR count). The van der Waals surface area contributed by atoms with Gasteiger partial charge in [0.1, 0.15) is 11.7 Å². The number of fused-ring (bicyclic) bond motifs is 1. The average molecular weight is 438 g/mol. The number of rotatable bonds is 5. The molecule has 0 radical (unpaired) electrons. The van der Waals surface area contributed by atoms with Gasteiger partial charge in [0.25, 0.3) is 0 Å². The van der Waals surface area contributed by atoms with E-state index in [2.05, 4.69) is 34.7 Å². The van der Waals surface area contributed by atoms with E-state index in [1.165, 1.54) is 11.8 Å². The maximum Gasteiger partial charge on any atom is 0.355 e. The zero-order chi connectivity index (χ0) is 22.1. The number of anilines is 1. The van der Waals surface area contributed by atoms with E-state index >= 15 is 0 Å². The van der Waals surface area contributed by atoms with E-state index in [9.17, 15) is 9.59 Å². The van der Waals surface area contributed by atoms with Gasteiger partial charge in [-0.3, -0.25) is 4.79 Å². The van der Waals surface area contributed by atoms with Crippen molar-refractivity contribution < 1.29 is 14.3 Å². The molecule has 0 aliphatic carbocycles. The molecule has 2 heterocycles. The summed E-state index contributed by atoms with van der Waals surface area (Å²) in [7, 11) is 1.26. The predicted octanol–water partition coefficient (Wildman–Crippen LogP) is 3.77. The smallest absolute Gasteiger partial charge is 0.355 e. The molecule has 2 aromatic carbocycles. The fourth-order valence-corrected chi connectivity index (χ4v) is 3.64. The van der Waals surface area contributed by atoms with Crippen molar-refractivity contribution in [1.82, 2.24) is 20.2 Å². The van der Waals surface area contributed by atoms with Crippen LogP contribution in [-0.4, -0.2) is 39.1 Å². The summed E-state index contributed by atoms with van der Waals surface area (Å²) in [5, 5.41) is 15.1. The third kappa shape index (κ3) is 3.82. The first-order valence-corrected chi connectivity index (χ1v) is 10.1. The number of nitrogens with one attached hydrogen (secondary N) is 1. The fraction of sp³-hybridized carbons (Fsp3) is 0.227. The number of ether oxygens (including phenoxy) is 1. The number of allylic oxidation sites excluding steroid dienone is 1. The van der Waals surface area contributed by atoms with Crippen LogP contribution in [-0.2, 0) is 9.53 Å².